The van der Waals surface area contributed by atoms with Crippen LogP contribution in [0.5, 0.6) is 0 Å². The van der Waals surface area contributed by atoms with Crippen molar-refractivity contribution in [2.75, 3.05) is 13.1 Å². The summed E-state index contributed by atoms with van der Waals surface area (Å²) in [4.78, 5) is 1.30. The molecular formula is C12H23F2N. The molecule has 1 saturated heterocycles. The molecule has 1 nitrogen and oxygen atoms in total. The van der Waals surface area contributed by atoms with E-state index in [0.717, 1.165) is 18.8 Å². The topological polar surface area (TPSA) is 3.24 Å². The Hall–Kier alpha value is -0.180. The first-order chi connectivity index (χ1) is 7.11. The van der Waals surface area contributed by atoms with Crippen LogP contribution in [0.15, 0.2) is 0 Å². The molecule has 0 atom stereocenters. The Bertz CT molecular complexity index is 178. The van der Waals surface area contributed by atoms with E-state index in [2.05, 4.69) is 6.92 Å². The Balaban J connectivity index is 0.000000531. The van der Waals surface area contributed by atoms with Crippen LogP contribution < -0.4 is 0 Å². The normalized spacial score (nSPS) is 26.0. The van der Waals surface area contributed by atoms with Crippen molar-refractivity contribution >= 4 is 0 Å². The molecule has 2 rings (SSSR count). The third kappa shape index (κ3) is 2.90. The van der Waals surface area contributed by atoms with Gasteiger partial charge in [0.2, 0.25) is 0 Å². The van der Waals surface area contributed by atoms with Gasteiger partial charge in [-0.2, -0.15) is 8.78 Å². The lowest BCUT2D eigenvalue weighted by Crippen LogP contribution is -2.47. The van der Waals surface area contributed by atoms with Gasteiger partial charge in [-0.05, 0) is 37.0 Å². The molecule has 0 radical (unpaired) electrons. The van der Waals surface area contributed by atoms with E-state index < -0.39 is 6.55 Å². The Kier molecular flexibility index (Phi) is 4.50. The molecule has 2 aliphatic rings. The third-order valence-corrected chi connectivity index (χ3v) is 3.70. The van der Waals surface area contributed by atoms with Crippen LogP contribution >= 0.6 is 0 Å². The first-order valence-electron chi connectivity index (χ1n) is 6.14. The zero-order chi connectivity index (χ0) is 11.5. The van der Waals surface area contributed by atoms with E-state index in [1.807, 2.05) is 13.8 Å². The average Bonchev–Trinajstić information content (AvgIpc) is 2.19. The standard InChI is InChI=1S/C10H17F2N.C2H6/c1-8-6-10(7-8)2-4-13(5-3-10)9(11)12;1-2/h8-9H,2-7H2,1H3;1-2H3. The van der Waals surface area contributed by atoms with E-state index in [1.54, 1.807) is 0 Å². The van der Waals surface area contributed by atoms with Gasteiger partial charge in [0.15, 0.2) is 0 Å². The maximum absolute atomic E-state index is 12.3. The second-order valence-electron chi connectivity index (χ2n) is 4.83. The van der Waals surface area contributed by atoms with E-state index in [4.69, 9.17) is 0 Å². The highest BCUT2D eigenvalue weighted by Crippen LogP contribution is 2.52. The lowest BCUT2D eigenvalue weighted by molar-refractivity contribution is -0.0855. The van der Waals surface area contributed by atoms with Gasteiger partial charge in [-0.1, -0.05) is 20.8 Å². The number of piperidine rings is 1. The molecule has 90 valence electrons. The minimum absolute atomic E-state index is 0.463. The minimum atomic E-state index is -2.24. The summed E-state index contributed by atoms with van der Waals surface area (Å²) in [6.45, 7) is 5.22. The van der Waals surface area contributed by atoms with E-state index in [9.17, 15) is 8.78 Å². The van der Waals surface area contributed by atoms with Crippen LogP contribution in [0.2, 0.25) is 0 Å². The highest BCUT2D eigenvalue weighted by Gasteiger charge is 2.44. The number of nitrogens with zero attached hydrogens (tertiary/aromatic N) is 1. The van der Waals surface area contributed by atoms with Crippen LogP contribution in [-0.2, 0) is 0 Å². The Labute approximate surface area is 91.8 Å². The molecule has 3 heteroatoms. The van der Waals surface area contributed by atoms with Gasteiger partial charge in [-0.15, -0.1) is 0 Å². The van der Waals surface area contributed by atoms with Gasteiger partial charge < -0.3 is 0 Å². The third-order valence-electron chi connectivity index (χ3n) is 3.70. The molecule has 1 heterocycles. The van der Waals surface area contributed by atoms with Gasteiger partial charge in [0.05, 0.1) is 0 Å². The Morgan fingerprint density at radius 2 is 1.60 bits per heavy atom. The Morgan fingerprint density at radius 1 is 1.13 bits per heavy atom. The second-order valence-corrected chi connectivity index (χ2v) is 4.83. The maximum atomic E-state index is 12.3. The van der Waals surface area contributed by atoms with Crippen molar-refractivity contribution in [3.63, 3.8) is 0 Å². The summed E-state index contributed by atoms with van der Waals surface area (Å²) in [6, 6.07) is 0. The maximum Gasteiger partial charge on any atom is 0.294 e. The summed E-state index contributed by atoms with van der Waals surface area (Å²) in [5.41, 5.74) is 0.463. The summed E-state index contributed by atoms with van der Waals surface area (Å²) in [7, 11) is 0. The quantitative estimate of drug-likeness (QED) is 0.607. The van der Waals surface area contributed by atoms with E-state index in [1.165, 1.54) is 17.7 Å². The molecule has 0 aromatic carbocycles. The van der Waals surface area contributed by atoms with Crippen molar-refractivity contribution in [1.82, 2.24) is 4.90 Å². The van der Waals surface area contributed by atoms with Crippen LogP contribution in [0, 0.1) is 11.3 Å². The van der Waals surface area contributed by atoms with Crippen LogP contribution in [0.4, 0.5) is 8.78 Å². The van der Waals surface area contributed by atoms with Crippen molar-refractivity contribution < 1.29 is 8.78 Å². The molecule has 1 spiro atoms. The first-order valence-corrected chi connectivity index (χ1v) is 6.14. The van der Waals surface area contributed by atoms with Crippen LogP contribution in [0.25, 0.3) is 0 Å². The number of hydrogen-bond acceptors (Lipinski definition) is 1. The average molecular weight is 219 g/mol. The van der Waals surface area contributed by atoms with E-state index >= 15 is 0 Å². The van der Waals surface area contributed by atoms with Crippen molar-refractivity contribution in [2.24, 2.45) is 11.3 Å². The Morgan fingerprint density at radius 3 is 1.93 bits per heavy atom. The number of halogens is 2. The summed E-state index contributed by atoms with van der Waals surface area (Å²) in [5.74, 6) is 0.832. The summed E-state index contributed by atoms with van der Waals surface area (Å²) < 4.78 is 24.6. The van der Waals surface area contributed by atoms with Gasteiger partial charge in [0.25, 0.3) is 6.55 Å². The molecule has 0 amide bonds. The van der Waals surface area contributed by atoms with Crippen LogP contribution in [0.3, 0.4) is 0 Å². The minimum Gasteiger partial charge on any atom is -0.247 e. The summed E-state index contributed by atoms with van der Waals surface area (Å²) in [5, 5.41) is 0. The highest BCUT2D eigenvalue weighted by molar-refractivity contribution is 4.95. The first kappa shape index (κ1) is 12.9. The fourth-order valence-electron chi connectivity index (χ4n) is 3.02. The number of rotatable bonds is 1. The fraction of sp³-hybridized carbons (Fsp3) is 1.00. The van der Waals surface area contributed by atoms with Gasteiger partial charge in [0.1, 0.15) is 0 Å². The second kappa shape index (κ2) is 5.24. The van der Waals surface area contributed by atoms with E-state index in [0.29, 0.717) is 18.5 Å². The molecule has 0 unspecified atom stereocenters. The lowest BCUT2D eigenvalue weighted by Gasteiger charge is -2.51. The predicted molar refractivity (Wildman–Crippen MR) is 59.0 cm³/mol. The lowest BCUT2D eigenvalue weighted by atomic mass is 9.58. The molecule has 1 saturated carbocycles. The van der Waals surface area contributed by atoms with E-state index in [-0.39, 0.29) is 0 Å². The molecule has 15 heavy (non-hydrogen) atoms. The van der Waals surface area contributed by atoms with Gasteiger partial charge in [-0.3, -0.25) is 0 Å². The molecule has 2 fully saturated rings. The van der Waals surface area contributed by atoms with Gasteiger partial charge in [-0.25, -0.2) is 4.90 Å². The van der Waals surface area contributed by atoms with Gasteiger partial charge >= 0.3 is 0 Å². The largest absolute Gasteiger partial charge is 0.294 e. The number of hydrogen-bond donors (Lipinski definition) is 0. The molecular weight excluding hydrogens is 196 g/mol. The summed E-state index contributed by atoms with van der Waals surface area (Å²) >= 11 is 0. The zero-order valence-electron chi connectivity index (χ0n) is 10.1. The van der Waals surface area contributed by atoms with Crippen molar-refractivity contribution in [3.05, 3.63) is 0 Å². The molecule has 1 aliphatic carbocycles. The van der Waals surface area contributed by atoms with Crippen LogP contribution in [0.1, 0.15) is 46.5 Å². The molecule has 0 aromatic rings. The number of likely N-dealkylation sites (tertiary alicyclic amines) is 1. The summed E-state index contributed by atoms with van der Waals surface area (Å²) in [6.07, 6.45) is 4.51. The molecule has 0 aromatic heterocycles. The van der Waals surface area contributed by atoms with Crippen molar-refractivity contribution in [1.29, 1.82) is 0 Å². The SMILES string of the molecule is CC.CC1CC2(CCN(C(F)F)CC2)C1. The van der Waals surface area contributed by atoms with Crippen molar-refractivity contribution in [2.45, 2.75) is 53.0 Å². The van der Waals surface area contributed by atoms with Crippen molar-refractivity contribution in [3.8, 4) is 0 Å². The zero-order valence-corrected chi connectivity index (χ0v) is 10.1. The highest BCUT2D eigenvalue weighted by atomic mass is 19.3. The number of alkyl halides is 2. The fourth-order valence-corrected chi connectivity index (χ4v) is 3.02. The molecule has 0 N–H and O–H groups in total. The monoisotopic (exact) mass is 219 g/mol. The van der Waals surface area contributed by atoms with Crippen LogP contribution in [-0.4, -0.2) is 24.5 Å². The molecule has 0 bridgehead atoms. The molecule has 1 aliphatic heterocycles. The predicted octanol–water partition coefficient (Wildman–Crippen LogP) is 3.75. The smallest absolute Gasteiger partial charge is 0.247 e. The van der Waals surface area contributed by atoms with Gasteiger partial charge in [0, 0.05) is 13.1 Å².